The number of halogens is 1. The van der Waals surface area contributed by atoms with Crippen LogP contribution in [0.4, 0.5) is 0 Å². The summed E-state index contributed by atoms with van der Waals surface area (Å²) >= 11 is 7.00. The molecule has 1 aliphatic rings. The Bertz CT molecular complexity index is 624. The van der Waals surface area contributed by atoms with E-state index in [4.69, 9.17) is 0 Å². The number of carbonyl (C=O) groups is 1. The van der Waals surface area contributed by atoms with Gasteiger partial charge in [0.1, 0.15) is 10.7 Å². The van der Waals surface area contributed by atoms with E-state index in [0.717, 1.165) is 33.8 Å². The SMILES string of the molecule is O=C1CCCc2sc(CSc3ccccc3Br)nc21. The van der Waals surface area contributed by atoms with Crippen molar-refractivity contribution in [2.75, 3.05) is 0 Å². The average molecular weight is 354 g/mol. The van der Waals surface area contributed by atoms with Gasteiger partial charge in [-0.05, 0) is 40.9 Å². The molecule has 0 N–H and O–H groups in total. The van der Waals surface area contributed by atoms with E-state index >= 15 is 0 Å². The molecule has 98 valence electrons. The number of hydrogen-bond donors (Lipinski definition) is 0. The van der Waals surface area contributed by atoms with Crippen molar-refractivity contribution in [3.05, 3.63) is 44.3 Å². The number of nitrogens with zero attached hydrogens (tertiary/aromatic N) is 1. The molecule has 0 spiro atoms. The van der Waals surface area contributed by atoms with Gasteiger partial charge in [0, 0.05) is 20.7 Å². The quantitative estimate of drug-likeness (QED) is 0.748. The van der Waals surface area contributed by atoms with Crippen molar-refractivity contribution in [2.45, 2.75) is 29.9 Å². The van der Waals surface area contributed by atoms with E-state index in [9.17, 15) is 4.79 Å². The van der Waals surface area contributed by atoms with E-state index in [1.54, 1.807) is 23.1 Å². The predicted molar refractivity (Wildman–Crippen MR) is 83.1 cm³/mol. The second kappa shape index (κ2) is 5.77. The standard InChI is InChI=1S/C14H12BrNOS2/c15-9-4-1-2-6-11(9)18-8-13-16-14-10(17)5-3-7-12(14)19-13/h1-2,4,6H,3,5,7-8H2. The van der Waals surface area contributed by atoms with E-state index in [1.165, 1.54) is 9.77 Å². The molecule has 0 fully saturated rings. The molecule has 2 aromatic rings. The van der Waals surface area contributed by atoms with Gasteiger partial charge in [-0.15, -0.1) is 23.1 Å². The Kier molecular flexibility index (Phi) is 4.05. The molecule has 0 saturated heterocycles. The largest absolute Gasteiger partial charge is 0.292 e. The maximum absolute atomic E-state index is 11.8. The fourth-order valence-corrected chi connectivity index (χ4v) is 4.77. The van der Waals surface area contributed by atoms with Crippen LogP contribution in [0.25, 0.3) is 0 Å². The van der Waals surface area contributed by atoms with Crippen LogP contribution in [0.3, 0.4) is 0 Å². The van der Waals surface area contributed by atoms with Crippen LogP contribution in [0, 0.1) is 0 Å². The number of aryl methyl sites for hydroxylation is 1. The van der Waals surface area contributed by atoms with Crippen molar-refractivity contribution < 1.29 is 4.79 Å². The molecule has 0 aliphatic heterocycles. The Hall–Kier alpha value is -0.650. The van der Waals surface area contributed by atoms with Crippen molar-refractivity contribution >= 4 is 44.8 Å². The van der Waals surface area contributed by atoms with E-state index < -0.39 is 0 Å². The summed E-state index contributed by atoms with van der Waals surface area (Å²) < 4.78 is 1.11. The zero-order chi connectivity index (χ0) is 13.2. The van der Waals surface area contributed by atoms with Crippen LogP contribution in [0.5, 0.6) is 0 Å². The molecule has 1 aromatic carbocycles. The number of Topliss-reactive ketones (excluding diaryl/α,β-unsaturated/α-hetero) is 1. The zero-order valence-corrected chi connectivity index (χ0v) is 13.4. The lowest BCUT2D eigenvalue weighted by molar-refractivity contribution is 0.0968. The monoisotopic (exact) mass is 353 g/mol. The molecule has 1 aromatic heterocycles. The number of ketones is 1. The van der Waals surface area contributed by atoms with Gasteiger partial charge in [0.25, 0.3) is 0 Å². The van der Waals surface area contributed by atoms with Crippen LogP contribution in [-0.4, -0.2) is 10.8 Å². The third kappa shape index (κ3) is 2.93. The van der Waals surface area contributed by atoms with Crippen LogP contribution in [0.1, 0.15) is 33.2 Å². The molecule has 1 aliphatic carbocycles. The van der Waals surface area contributed by atoms with Crippen molar-refractivity contribution in [2.24, 2.45) is 0 Å². The van der Waals surface area contributed by atoms with Crippen LogP contribution in [0.2, 0.25) is 0 Å². The Labute approximate surface area is 128 Å². The van der Waals surface area contributed by atoms with Gasteiger partial charge in [-0.2, -0.15) is 0 Å². The molecule has 0 atom stereocenters. The zero-order valence-electron chi connectivity index (χ0n) is 10.2. The van der Waals surface area contributed by atoms with E-state index in [2.05, 4.69) is 27.0 Å². The van der Waals surface area contributed by atoms with E-state index in [1.807, 2.05) is 18.2 Å². The third-order valence-electron chi connectivity index (χ3n) is 3.00. The van der Waals surface area contributed by atoms with Gasteiger partial charge in [0.05, 0.1) is 5.75 Å². The highest BCUT2D eigenvalue weighted by Crippen LogP contribution is 2.33. The van der Waals surface area contributed by atoms with Crippen LogP contribution < -0.4 is 0 Å². The minimum atomic E-state index is 0.217. The maximum Gasteiger partial charge on any atom is 0.182 e. The first kappa shape index (κ1) is 13.3. The molecule has 0 unspecified atom stereocenters. The molecular formula is C14H12BrNOS2. The maximum atomic E-state index is 11.8. The molecule has 0 bridgehead atoms. The number of rotatable bonds is 3. The lowest BCUT2D eigenvalue weighted by Crippen LogP contribution is -2.08. The van der Waals surface area contributed by atoms with Crippen LogP contribution in [0.15, 0.2) is 33.6 Å². The first-order valence-corrected chi connectivity index (χ1v) is 8.72. The van der Waals surface area contributed by atoms with Crippen molar-refractivity contribution in [3.63, 3.8) is 0 Å². The summed E-state index contributed by atoms with van der Waals surface area (Å²) in [4.78, 5) is 18.7. The van der Waals surface area contributed by atoms with Crippen LogP contribution in [-0.2, 0) is 12.2 Å². The number of thioether (sulfide) groups is 1. The molecule has 0 saturated carbocycles. The summed E-state index contributed by atoms with van der Waals surface area (Å²) in [7, 11) is 0. The Morgan fingerprint density at radius 3 is 2.95 bits per heavy atom. The summed E-state index contributed by atoms with van der Waals surface area (Å²) in [6.07, 6.45) is 2.65. The van der Waals surface area contributed by atoms with Crippen molar-refractivity contribution in [1.29, 1.82) is 0 Å². The summed E-state index contributed by atoms with van der Waals surface area (Å²) in [6.45, 7) is 0. The summed E-state index contributed by atoms with van der Waals surface area (Å²) in [5, 5.41) is 1.06. The summed E-state index contributed by atoms with van der Waals surface area (Å²) in [6, 6.07) is 8.17. The smallest absolute Gasteiger partial charge is 0.182 e. The molecule has 1 heterocycles. The van der Waals surface area contributed by atoms with E-state index in [0.29, 0.717) is 6.42 Å². The number of carbonyl (C=O) groups excluding carboxylic acids is 1. The molecule has 0 radical (unpaired) electrons. The topological polar surface area (TPSA) is 30.0 Å². The first-order valence-electron chi connectivity index (χ1n) is 6.13. The van der Waals surface area contributed by atoms with Gasteiger partial charge in [-0.1, -0.05) is 12.1 Å². The van der Waals surface area contributed by atoms with Crippen LogP contribution >= 0.6 is 39.0 Å². The number of aromatic nitrogens is 1. The lowest BCUT2D eigenvalue weighted by atomic mass is 10.0. The number of benzene rings is 1. The predicted octanol–water partition coefficient (Wildman–Crippen LogP) is 4.72. The summed E-state index contributed by atoms with van der Waals surface area (Å²) in [5.41, 5.74) is 0.735. The average Bonchev–Trinajstić information content (AvgIpc) is 2.82. The van der Waals surface area contributed by atoms with Gasteiger partial charge in [-0.3, -0.25) is 4.79 Å². The molecular weight excluding hydrogens is 342 g/mol. The molecule has 5 heteroatoms. The second-order valence-electron chi connectivity index (χ2n) is 4.38. The highest BCUT2D eigenvalue weighted by atomic mass is 79.9. The lowest BCUT2D eigenvalue weighted by Gasteiger charge is -2.06. The van der Waals surface area contributed by atoms with Gasteiger partial charge in [-0.25, -0.2) is 4.98 Å². The fourth-order valence-electron chi connectivity index (χ4n) is 2.08. The van der Waals surface area contributed by atoms with E-state index in [-0.39, 0.29) is 5.78 Å². The third-order valence-corrected chi connectivity index (χ3v) is 6.34. The van der Waals surface area contributed by atoms with Crippen molar-refractivity contribution in [1.82, 2.24) is 4.98 Å². The fraction of sp³-hybridized carbons (Fsp3) is 0.286. The minimum Gasteiger partial charge on any atom is -0.292 e. The normalized spacial score (nSPS) is 14.5. The highest BCUT2D eigenvalue weighted by molar-refractivity contribution is 9.10. The number of thiazole rings is 1. The number of hydrogen-bond acceptors (Lipinski definition) is 4. The Morgan fingerprint density at radius 1 is 1.32 bits per heavy atom. The molecule has 19 heavy (non-hydrogen) atoms. The van der Waals surface area contributed by atoms with Gasteiger partial charge >= 0.3 is 0 Å². The molecule has 3 rings (SSSR count). The highest BCUT2D eigenvalue weighted by Gasteiger charge is 2.22. The Morgan fingerprint density at radius 2 is 2.16 bits per heavy atom. The van der Waals surface area contributed by atoms with Gasteiger partial charge in [0.15, 0.2) is 5.78 Å². The number of fused-ring (bicyclic) bond motifs is 1. The van der Waals surface area contributed by atoms with Gasteiger partial charge in [0.2, 0.25) is 0 Å². The Balaban J connectivity index is 1.74. The molecule has 0 amide bonds. The van der Waals surface area contributed by atoms with Gasteiger partial charge < -0.3 is 0 Å². The minimum absolute atomic E-state index is 0.217. The first-order chi connectivity index (χ1) is 9.24. The molecule has 2 nitrogen and oxygen atoms in total. The summed E-state index contributed by atoms with van der Waals surface area (Å²) in [5.74, 6) is 1.04. The van der Waals surface area contributed by atoms with Crippen molar-refractivity contribution in [3.8, 4) is 0 Å². The second-order valence-corrected chi connectivity index (χ2v) is 7.41.